The molecule has 10 nitrogen and oxygen atoms in total. The van der Waals surface area contributed by atoms with Crippen LogP contribution >= 0.6 is 0 Å². The number of aromatic nitrogens is 5. The highest BCUT2D eigenvalue weighted by Crippen LogP contribution is 2.30. The van der Waals surface area contributed by atoms with Crippen molar-refractivity contribution < 1.29 is 19.4 Å². The predicted molar refractivity (Wildman–Crippen MR) is 152 cm³/mol. The Bertz CT molecular complexity index is 1700. The maximum absolute atomic E-state index is 11.6. The fourth-order valence-electron chi connectivity index (χ4n) is 5.80. The van der Waals surface area contributed by atoms with Crippen molar-refractivity contribution >= 4 is 22.6 Å². The molecule has 2 aliphatic heterocycles. The Morgan fingerprint density at radius 1 is 1.07 bits per heavy atom. The molecule has 7 rings (SSSR count). The Balaban J connectivity index is 1.00. The van der Waals surface area contributed by atoms with Crippen molar-refractivity contribution in [2.75, 3.05) is 19.7 Å². The predicted octanol–water partition coefficient (Wildman–Crippen LogP) is 4.52. The SMILES string of the molecule is O=C(O)c1ccc2nc(CN3CCC(c4cccc(OCc5ccc6nccn6c5)n4)CC3)n(CC3CCO3)c2c1. The van der Waals surface area contributed by atoms with Crippen molar-refractivity contribution in [1.29, 1.82) is 0 Å². The minimum atomic E-state index is -0.928. The van der Waals surface area contributed by atoms with Crippen molar-refractivity contribution in [1.82, 2.24) is 28.8 Å². The van der Waals surface area contributed by atoms with E-state index in [4.69, 9.17) is 19.4 Å². The third-order valence-corrected chi connectivity index (χ3v) is 8.21. The number of nitrogens with zero attached hydrogens (tertiary/aromatic N) is 6. The van der Waals surface area contributed by atoms with Crippen LogP contribution < -0.4 is 4.74 Å². The molecular formula is C31H32N6O4. The molecule has 4 aromatic heterocycles. The summed E-state index contributed by atoms with van der Waals surface area (Å²) in [5, 5.41) is 9.51. The van der Waals surface area contributed by atoms with Gasteiger partial charge in [-0.2, -0.15) is 0 Å². The fraction of sp³-hybridized carbons (Fsp3) is 0.355. The Kier molecular flexibility index (Phi) is 6.85. The Labute approximate surface area is 237 Å². The molecule has 0 bridgehead atoms. The number of fused-ring (bicyclic) bond motifs is 2. The van der Waals surface area contributed by atoms with E-state index in [1.165, 1.54) is 0 Å². The number of hydrogen-bond acceptors (Lipinski definition) is 7. The Morgan fingerprint density at radius 3 is 2.76 bits per heavy atom. The van der Waals surface area contributed by atoms with Crippen molar-refractivity contribution in [3.05, 3.63) is 89.8 Å². The molecule has 5 aromatic rings. The molecule has 1 unspecified atom stereocenters. The van der Waals surface area contributed by atoms with Crippen LogP contribution in [0.25, 0.3) is 16.7 Å². The number of aromatic carboxylic acids is 1. The minimum Gasteiger partial charge on any atom is -0.478 e. The quantitative estimate of drug-likeness (QED) is 0.284. The fourth-order valence-corrected chi connectivity index (χ4v) is 5.80. The van der Waals surface area contributed by atoms with Gasteiger partial charge in [0.25, 0.3) is 0 Å². The van der Waals surface area contributed by atoms with Gasteiger partial charge in [0.05, 0.1) is 35.8 Å². The van der Waals surface area contributed by atoms with Crippen LogP contribution in [0.15, 0.2) is 67.1 Å². The zero-order valence-electron chi connectivity index (χ0n) is 22.7. The van der Waals surface area contributed by atoms with Gasteiger partial charge >= 0.3 is 5.97 Å². The van der Waals surface area contributed by atoms with E-state index in [0.717, 1.165) is 72.7 Å². The second kappa shape index (κ2) is 10.9. The number of rotatable bonds is 9. The average molecular weight is 553 g/mol. The van der Waals surface area contributed by atoms with Crippen molar-refractivity contribution in [2.45, 2.75) is 51.0 Å². The van der Waals surface area contributed by atoms with E-state index in [-0.39, 0.29) is 11.7 Å². The lowest BCUT2D eigenvalue weighted by atomic mass is 9.93. The van der Waals surface area contributed by atoms with Crippen LogP contribution in [-0.4, -0.2) is 65.7 Å². The highest BCUT2D eigenvalue weighted by molar-refractivity contribution is 5.92. The van der Waals surface area contributed by atoms with E-state index in [2.05, 4.69) is 20.5 Å². The van der Waals surface area contributed by atoms with Gasteiger partial charge in [-0.05, 0) is 62.7 Å². The lowest BCUT2D eigenvalue weighted by Crippen LogP contribution is -2.35. The summed E-state index contributed by atoms with van der Waals surface area (Å²) >= 11 is 0. The standard InChI is InChI=1S/C31H32N6O4/c38-31(39)23-5-6-26-27(16-23)37(18-24-10-15-40-24)29(33-26)19-35-12-8-22(9-13-35)25-2-1-3-30(34-25)41-20-21-4-7-28-32-11-14-36(28)17-21/h1-7,11,14,16-17,22,24H,8-10,12-13,15,18-20H2,(H,38,39). The Hall–Kier alpha value is -4.28. The average Bonchev–Trinajstić information content (AvgIpc) is 3.57. The maximum Gasteiger partial charge on any atom is 0.335 e. The molecule has 0 aliphatic carbocycles. The first kappa shape index (κ1) is 25.7. The third kappa shape index (κ3) is 5.40. The third-order valence-electron chi connectivity index (χ3n) is 8.21. The molecule has 210 valence electrons. The molecule has 0 saturated carbocycles. The maximum atomic E-state index is 11.6. The molecule has 2 aliphatic rings. The van der Waals surface area contributed by atoms with Gasteiger partial charge in [0.2, 0.25) is 5.88 Å². The monoisotopic (exact) mass is 552 g/mol. The molecule has 41 heavy (non-hydrogen) atoms. The first-order valence-electron chi connectivity index (χ1n) is 14.2. The summed E-state index contributed by atoms with van der Waals surface area (Å²) in [7, 11) is 0. The molecule has 10 heteroatoms. The van der Waals surface area contributed by atoms with Gasteiger partial charge in [-0.15, -0.1) is 0 Å². The first-order valence-corrected chi connectivity index (χ1v) is 14.2. The molecule has 0 radical (unpaired) electrons. The topological polar surface area (TPSA) is 107 Å². The smallest absolute Gasteiger partial charge is 0.335 e. The van der Waals surface area contributed by atoms with Crippen LogP contribution in [-0.2, 0) is 24.4 Å². The number of benzene rings is 1. The van der Waals surface area contributed by atoms with Crippen LogP contribution in [0.3, 0.4) is 0 Å². The van der Waals surface area contributed by atoms with Crippen molar-refractivity contribution in [2.24, 2.45) is 0 Å². The lowest BCUT2D eigenvalue weighted by Gasteiger charge is -2.32. The normalized spacial score (nSPS) is 18.1. The summed E-state index contributed by atoms with van der Waals surface area (Å²) in [5.74, 6) is 1.04. The number of carboxylic acid groups (broad SMARTS) is 1. The molecule has 1 aromatic carbocycles. The van der Waals surface area contributed by atoms with Gasteiger partial charge in [0, 0.05) is 48.4 Å². The van der Waals surface area contributed by atoms with Crippen LogP contribution in [0.1, 0.15) is 52.6 Å². The van der Waals surface area contributed by atoms with Crippen LogP contribution in [0.5, 0.6) is 5.88 Å². The number of pyridine rings is 2. The van der Waals surface area contributed by atoms with E-state index < -0.39 is 5.97 Å². The number of carbonyl (C=O) groups is 1. The van der Waals surface area contributed by atoms with Crippen molar-refractivity contribution in [3.8, 4) is 5.88 Å². The number of likely N-dealkylation sites (tertiary alicyclic amines) is 1. The van der Waals surface area contributed by atoms with E-state index >= 15 is 0 Å². The number of imidazole rings is 2. The van der Waals surface area contributed by atoms with Crippen LogP contribution in [0.4, 0.5) is 0 Å². The number of hydrogen-bond donors (Lipinski definition) is 1. The first-order chi connectivity index (χ1) is 20.1. The van der Waals surface area contributed by atoms with Crippen LogP contribution in [0.2, 0.25) is 0 Å². The summed E-state index contributed by atoms with van der Waals surface area (Å²) in [4.78, 5) is 28.1. The van der Waals surface area contributed by atoms with Gasteiger partial charge < -0.3 is 23.5 Å². The highest BCUT2D eigenvalue weighted by Gasteiger charge is 2.26. The van der Waals surface area contributed by atoms with Gasteiger partial charge in [0.15, 0.2) is 0 Å². The van der Waals surface area contributed by atoms with E-state index in [9.17, 15) is 9.90 Å². The molecule has 0 spiro atoms. The van der Waals surface area contributed by atoms with Gasteiger partial charge in [-0.3, -0.25) is 4.90 Å². The van der Waals surface area contributed by atoms with Crippen LogP contribution in [0, 0.1) is 0 Å². The minimum absolute atomic E-state index is 0.153. The number of piperidine rings is 1. The second-order valence-electron chi connectivity index (χ2n) is 10.9. The molecule has 2 fully saturated rings. The van der Waals surface area contributed by atoms with Gasteiger partial charge in [-0.25, -0.2) is 19.7 Å². The van der Waals surface area contributed by atoms with Gasteiger partial charge in [-0.1, -0.05) is 12.1 Å². The second-order valence-corrected chi connectivity index (χ2v) is 10.9. The summed E-state index contributed by atoms with van der Waals surface area (Å²) in [5.41, 5.74) is 5.00. The highest BCUT2D eigenvalue weighted by atomic mass is 16.5. The molecule has 0 amide bonds. The van der Waals surface area contributed by atoms with E-state index in [1.54, 1.807) is 18.3 Å². The Morgan fingerprint density at radius 2 is 1.95 bits per heavy atom. The summed E-state index contributed by atoms with van der Waals surface area (Å²) in [6.07, 6.45) is 8.91. The zero-order chi connectivity index (χ0) is 27.8. The molecule has 1 atom stereocenters. The lowest BCUT2D eigenvalue weighted by molar-refractivity contribution is -0.0592. The number of ether oxygens (including phenoxy) is 2. The zero-order valence-corrected chi connectivity index (χ0v) is 22.7. The van der Waals surface area contributed by atoms with E-state index in [0.29, 0.717) is 31.5 Å². The largest absolute Gasteiger partial charge is 0.478 e. The van der Waals surface area contributed by atoms with Gasteiger partial charge in [0.1, 0.15) is 18.1 Å². The molecule has 2 saturated heterocycles. The van der Waals surface area contributed by atoms with E-state index in [1.807, 2.05) is 47.1 Å². The molecule has 6 heterocycles. The summed E-state index contributed by atoms with van der Waals surface area (Å²) in [6, 6.07) is 15.2. The molecular weight excluding hydrogens is 520 g/mol. The summed E-state index contributed by atoms with van der Waals surface area (Å²) < 4.78 is 15.9. The summed E-state index contributed by atoms with van der Waals surface area (Å²) in [6.45, 7) is 4.51. The van der Waals surface area contributed by atoms with Crippen molar-refractivity contribution in [3.63, 3.8) is 0 Å². The molecule has 1 N–H and O–H groups in total. The number of carboxylic acids is 1.